The second-order valence-corrected chi connectivity index (χ2v) is 6.55. The van der Waals surface area contributed by atoms with Crippen LogP contribution in [-0.2, 0) is 13.6 Å². The van der Waals surface area contributed by atoms with Gasteiger partial charge in [-0.15, -0.1) is 0 Å². The predicted octanol–water partition coefficient (Wildman–Crippen LogP) is 4.47. The van der Waals surface area contributed by atoms with Crippen LogP contribution >= 0.6 is 23.2 Å². The Morgan fingerprint density at radius 2 is 1.88 bits per heavy atom. The van der Waals surface area contributed by atoms with E-state index in [1.165, 1.54) is 0 Å². The van der Waals surface area contributed by atoms with E-state index in [1.807, 2.05) is 54.1 Å². The molecule has 0 unspecified atom stereocenters. The summed E-state index contributed by atoms with van der Waals surface area (Å²) in [5.74, 6) is 1.19. The third-order valence-electron chi connectivity index (χ3n) is 4.14. The van der Waals surface area contributed by atoms with Gasteiger partial charge in [0.25, 0.3) is 0 Å². The smallest absolute Gasteiger partial charge is 0.214 e. The molecule has 2 heterocycles. The van der Waals surface area contributed by atoms with Crippen LogP contribution in [0.2, 0.25) is 10.0 Å². The van der Waals surface area contributed by atoms with E-state index in [4.69, 9.17) is 33.0 Å². The summed E-state index contributed by atoms with van der Waals surface area (Å²) in [4.78, 5) is 4.34. The first kappa shape index (κ1) is 16.0. The molecule has 0 aliphatic heterocycles. The van der Waals surface area contributed by atoms with Crippen molar-refractivity contribution in [1.29, 1.82) is 5.41 Å². The molecule has 7 heteroatoms. The summed E-state index contributed by atoms with van der Waals surface area (Å²) >= 11 is 12.2. The van der Waals surface area contributed by atoms with Crippen LogP contribution in [0.15, 0.2) is 53.1 Å². The highest BCUT2D eigenvalue weighted by Gasteiger charge is 2.14. The number of halogens is 2. The largest absolute Gasteiger partial charge is 0.439 e. The van der Waals surface area contributed by atoms with Gasteiger partial charge in [-0.3, -0.25) is 5.41 Å². The lowest BCUT2D eigenvalue weighted by molar-refractivity contribution is 0.483. The SMILES string of the molecule is Cn1c(=N)n(Cc2ncc(-c3ccc(Cl)cc3)o2)c2cccc(Cl)c21. The minimum absolute atomic E-state index is 0.328. The number of fused-ring (bicyclic) bond motifs is 1. The van der Waals surface area contributed by atoms with E-state index in [0.717, 1.165) is 16.6 Å². The number of benzene rings is 2. The Hall–Kier alpha value is -2.50. The fourth-order valence-corrected chi connectivity index (χ4v) is 3.30. The molecule has 0 aliphatic rings. The Balaban J connectivity index is 1.73. The molecule has 4 aromatic rings. The van der Waals surface area contributed by atoms with Crippen LogP contribution in [0, 0.1) is 5.41 Å². The number of para-hydroxylation sites is 1. The van der Waals surface area contributed by atoms with Gasteiger partial charge in [0.15, 0.2) is 5.76 Å². The molecule has 25 heavy (non-hydrogen) atoms. The quantitative estimate of drug-likeness (QED) is 0.576. The summed E-state index contributed by atoms with van der Waals surface area (Å²) in [5.41, 5.74) is 2.92. The molecule has 0 radical (unpaired) electrons. The maximum absolute atomic E-state index is 8.35. The molecule has 0 atom stereocenters. The van der Waals surface area contributed by atoms with Crippen LogP contribution in [0.25, 0.3) is 22.4 Å². The van der Waals surface area contributed by atoms with Crippen molar-refractivity contribution in [2.24, 2.45) is 7.05 Å². The van der Waals surface area contributed by atoms with Crippen molar-refractivity contribution in [1.82, 2.24) is 14.1 Å². The normalized spacial score (nSPS) is 11.3. The summed E-state index contributed by atoms with van der Waals surface area (Å²) in [6.45, 7) is 0.351. The van der Waals surface area contributed by atoms with E-state index < -0.39 is 0 Å². The fraction of sp³-hybridized carbons (Fsp3) is 0.111. The first-order valence-corrected chi connectivity index (χ1v) is 8.39. The molecule has 0 fully saturated rings. The van der Waals surface area contributed by atoms with Crippen LogP contribution in [0.5, 0.6) is 0 Å². The van der Waals surface area contributed by atoms with Crippen LogP contribution in [0.4, 0.5) is 0 Å². The molecule has 0 spiro atoms. The average Bonchev–Trinajstić information content (AvgIpc) is 3.16. The Morgan fingerprint density at radius 1 is 1.12 bits per heavy atom. The molecule has 0 aliphatic carbocycles. The minimum Gasteiger partial charge on any atom is -0.439 e. The lowest BCUT2D eigenvalue weighted by atomic mass is 10.2. The number of nitrogens with one attached hydrogen (secondary N) is 1. The highest BCUT2D eigenvalue weighted by atomic mass is 35.5. The third-order valence-corrected chi connectivity index (χ3v) is 4.70. The van der Waals surface area contributed by atoms with Gasteiger partial charge in [0.1, 0.15) is 6.54 Å². The van der Waals surface area contributed by atoms with Crippen LogP contribution in [0.1, 0.15) is 5.89 Å². The van der Waals surface area contributed by atoms with Gasteiger partial charge in [0.05, 0.1) is 22.3 Å². The van der Waals surface area contributed by atoms with Crippen molar-refractivity contribution in [3.05, 3.63) is 70.2 Å². The van der Waals surface area contributed by atoms with Gasteiger partial charge in [0, 0.05) is 17.6 Å². The molecule has 1 N–H and O–H groups in total. The number of rotatable bonds is 3. The summed E-state index contributed by atoms with van der Waals surface area (Å²) in [7, 11) is 1.82. The molecule has 2 aromatic heterocycles. The summed E-state index contributed by atoms with van der Waals surface area (Å²) in [6.07, 6.45) is 1.68. The van der Waals surface area contributed by atoms with Crippen molar-refractivity contribution in [2.45, 2.75) is 6.54 Å². The van der Waals surface area contributed by atoms with Gasteiger partial charge >= 0.3 is 0 Å². The Labute approximate surface area is 153 Å². The number of oxazole rings is 1. The van der Waals surface area contributed by atoms with Gasteiger partial charge in [-0.2, -0.15) is 0 Å². The van der Waals surface area contributed by atoms with E-state index in [0.29, 0.717) is 33.9 Å². The molecule has 0 saturated carbocycles. The Kier molecular flexibility index (Phi) is 3.90. The third kappa shape index (κ3) is 2.75. The van der Waals surface area contributed by atoms with Crippen molar-refractivity contribution in [2.75, 3.05) is 0 Å². The Bertz CT molecular complexity index is 1120. The number of aromatic nitrogens is 3. The monoisotopic (exact) mass is 372 g/mol. The van der Waals surface area contributed by atoms with Crippen LogP contribution in [0.3, 0.4) is 0 Å². The van der Waals surface area contributed by atoms with Gasteiger partial charge in [0.2, 0.25) is 11.5 Å². The summed E-state index contributed by atoms with van der Waals surface area (Å²) in [6, 6.07) is 13.0. The molecule has 4 rings (SSSR count). The average molecular weight is 373 g/mol. The first-order valence-electron chi connectivity index (χ1n) is 7.63. The highest BCUT2D eigenvalue weighted by molar-refractivity contribution is 6.35. The van der Waals surface area contributed by atoms with E-state index in [9.17, 15) is 0 Å². The molecule has 126 valence electrons. The lowest BCUT2D eigenvalue weighted by Crippen LogP contribution is -2.23. The van der Waals surface area contributed by atoms with Crippen molar-refractivity contribution < 1.29 is 4.42 Å². The lowest BCUT2D eigenvalue weighted by Gasteiger charge is -2.01. The second kappa shape index (κ2) is 6.10. The van der Waals surface area contributed by atoms with Crippen molar-refractivity contribution in [3.8, 4) is 11.3 Å². The molecule has 5 nitrogen and oxygen atoms in total. The van der Waals surface area contributed by atoms with E-state index in [1.54, 1.807) is 10.8 Å². The topological polar surface area (TPSA) is 59.7 Å². The second-order valence-electron chi connectivity index (χ2n) is 5.70. The maximum Gasteiger partial charge on any atom is 0.214 e. The zero-order valence-electron chi connectivity index (χ0n) is 13.3. The number of hydrogen-bond donors (Lipinski definition) is 1. The van der Waals surface area contributed by atoms with Crippen molar-refractivity contribution >= 4 is 34.2 Å². The number of imidazole rings is 1. The van der Waals surface area contributed by atoms with E-state index >= 15 is 0 Å². The molecular weight excluding hydrogens is 359 g/mol. The molecule has 0 amide bonds. The number of aryl methyl sites for hydroxylation is 1. The zero-order valence-corrected chi connectivity index (χ0v) is 14.8. The van der Waals surface area contributed by atoms with E-state index in [-0.39, 0.29) is 0 Å². The van der Waals surface area contributed by atoms with Gasteiger partial charge in [-0.25, -0.2) is 4.98 Å². The standard InChI is InChI=1S/C18H14Cl2N4O/c1-23-17-13(20)3-2-4-14(17)24(18(23)21)10-16-22-9-15(25-16)11-5-7-12(19)8-6-11/h2-9,21H,10H2,1H3. The summed E-state index contributed by atoms with van der Waals surface area (Å²) in [5, 5.41) is 9.63. The minimum atomic E-state index is 0.328. The van der Waals surface area contributed by atoms with E-state index in [2.05, 4.69) is 4.98 Å². The predicted molar refractivity (Wildman–Crippen MR) is 97.8 cm³/mol. The number of hydrogen-bond acceptors (Lipinski definition) is 3. The van der Waals surface area contributed by atoms with Crippen molar-refractivity contribution in [3.63, 3.8) is 0 Å². The molecule has 2 aromatic carbocycles. The number of nitrogens with zero attached hydrogens (tertiary/aromatic N) is 3. The fourth-order valence-electron chi connectivity index (χ4n) is 2.88. The zero-order chi connectivity index (χ0) is 17.6. The first-order chi connectivity index (χ1) is 12.0. The van der Waals surface area contributed by atoms with Gasteiger partial charge in [-0.1, -0.05) is 29.3 Å². The van der Waals surface area contributed by atoms with Crippen LogP contribution < -0.4 is 5.62 Å². The van der Waals surface area contributed by atoms with Gasteiger partial charge < -0.3 is 13.6 Å². The molecular formula is C18H14Cl2N4O. The summed E-state index contributed by atoms with van der Waals surface area (Å²) < 4.78 is 9.43. The van der Waals surface area contributed by atoms with Crippen LogP contribution in [-0.4, -0.2) is 14.1 Å². The Morgan fingerprint density at radius 3 is 2.64 bits per heavy atom. The molecule has 0 saturated heterocycles. The van der Waals surface area contributed by atoms with Gasteiger partial charge in [-0.05, 0) is 36.4 Å². The highest BCUT2D eigenvalue weighted by Crippen LogP contribution is 2.25. The molecule has 0 bridgehead atoms. The maximum atomic E-state index is 8.35.